The van der Waals surface area contributed by atoms with Crippen LogP contribution >= 0.6 is 0 Å². The molecule has 35 heavy (non-hydrogen) atoms. The molecule has 0 saturated heterocycles. The number of benzene rings is 3. The second-order valence-corrected chi connectivity index (χ2v) is 8.71. The third-order valence-corrected chi connectivity index (χ3v) is 6.52. The Hall–Kier alpha value is -3.88. The maximum Gasteiger partial charge on any atom is 0.416 e. The molecule has 3 heterocycles. The number of aliphatic imine (C=N–C) groups is 1. The van der Waals surface area contributed by atoms with Crippen molar-refractivity contribution in [2.24, 2.45) is 4.99 Å². The van der Waals surface area contributed by atoms with Crippen LogP contribution in [0.5, 0.6) is 0 Å². The lowest BCUT2D eigenvalue weighted by molar-refractivity contribution is -0.137. The molecular weight excluding hydrogens is 463 g/mol. The monoisotopic (exact) mass is 482 g/mol. The summed E-state index contributed by atoms with van der Waals surface area (Å²) in [6.07, 6.45) is -4.49. The number of alkyl halides is 3. The number of para-hydroxylation sites is 1. The Balaban J connectivity index is 1.44. The number of hydrogen-bond donors (Lipinski definition) is 0. The van der Waals surface area contributed by atoms with Gasteiger partial charge in [-0.1, -0.05) is 18.2 Å². The average Bonchev–Trinajstić information content (AvgIpc) is 3.19. The summed E-state index contributed by atoms with van der Waals surface area (Å²) >= 11 is 0. The van der Waals surface area contributed by atoms with Crippen LogP contribution in [0.15, 0.2) is 71.7 Å². The van der Waals surface area contributed by atoms with Crippen molar-refractivity contribution < 1.29 is 22.0 Å². The fourth-order valence-electron chi connectivity index (χ4n) is 4.87. The third kappa shape index (κ3) is 3.71. The Kier molecular flexibility index (Phi) is 4.84. The van der Waals surface area contributed by atoms with Crippen LogP contribution in [-0.4, -0.2) is 22.0 Å². The fraction of sp³-hybridized carbons (Fsp3) is 0.192. The highest BCUT2D eigenvalue weighted by molar-refractivity contribution is 5.99. The molecule has 0 aliphatic carbocycles. The van der Waals surface area contributed by atoms with Gasteiger partial charge in [0.05, 0.1) is 18.7 Å². The van der Waals surface area contributed by atoms with E-state index in [4.69, 9.17) is 0 Å². The quantitative estimate of drug-likeness (QED) is 0.291. The number of guanidine groups is 1. The van der Waals surface area contributed by atoms with E-state index in [0.717, 1.165) is 28.7 Å². The summed E-state index contributed by atoms with van der Waals surface area (Å²) in [5.74, 6) is -0.424. The predicted octanol–water partition coefficient (Wildman–Crippen LogP) is 6.46. The summed E-state index contributed by atoms with van der Waals surface area (Å²) in [6, 6.07) is 16.2. The van der Waals surface area contributed by atoms with Crippen molar-refractivity contribution in [1.82, 2.24) is 9.47 Å². The van der Waals surface area contributed by atoms with Crippen molar-refractivity contribution in [3.05, 3.63) is 95.2 Å². The standard InChI is InChI=1S/C26H19F5N4/c27-19-7-8-23-17(11-19)12-21-15-33(9-10-34(21)23)25-32-24-16(3-1-6-22(24)28)14-35(25)20-5-2-4-18(13-20)26(29,30)31/h1-8,11-13H,9-10,14-15H2. The van der Waals surface area contributed by atoms with Gasteiger partial charge in [-0.2, -0.15) is 13.2 Å². The van der Waals surface area contributed by atoms with Gasteiger partial charge in [0.15, 0.2) is 0 Å². The number of anilines is 1. The summed E-state index contributed by atoms with van der Waals surface area (Å²) < 4.78 is 70.8. The Morgan fingerprint density at radius 1 is 0.829 bits per heavy atom. The molecule has 9 heteroatoms. The number of rotatable bonds is 1. The third-order valence-electron chi connectivity index (χ3n) is 6.52. The van der Waals surface area contributed by atoms with Crippen LogP contribution in [0, 0.1) is 11.6 Å². The van der Waals surface area contributed by atoms with Crippen molar-refractivity contribution >= 4 is 28.2 Å². The minimum atomic E-state index is -4.49. The number of fused-ring (bicyclic) bond motifs is 4. The first kappa shape index (κ1) is 21.6. The van der Waals surface area contributed by atoms with E-state index in [1.165, 1.54) is 24.3 Å². The molecule has 2 aliphatic rings. The van der Waals surface area contributed by atoms with E-state index in [-0.39, 0.29) is 18.0 Å². The smallest absolute Gasteiger partial charge is 0.341 e. The van der Waals surface area contributed by atoms with Crippen LogP contribution in [0.3, 0.4) is 0 Å². The van der Waals surface area contributed by atoms with Crippen molar-refractivity contribution in [2.75, 3.05) is 11.4 Å². The maximum atomic E-state index is 14.6. The molecule has 2 aliphatic heterocycles. The van der Waals surface area contributed by atoms with Crippen LogP contribution in [0.4, 0.5) is 33.3 Å². The first-order chi connectivity index (χ1) is 16.8. The van der Waals surface area contributed by atoms with Crippen LogP contribution in [0.25, 0.3) is 10.9 Å². The van der Waals surface area contributed by atoms with E-state index in [9.17, 15) is 22.0 Å². The van der Waals surface area contributed by atoms with Crippen LogP contribution in [0.2, 0.25) is 0 Å². The maximum absolute atomic E-state index is 14.6. The zero-order chi connectivity index (χ0) is 24.3. The topological polar surface area (TPSA) is 23.8 Å². The first-order valence-corrected chi connectivity index (χ1v) is 11.1. The summed E-state index contributed by atoms with van der Waals surface area (Å²) in [4.78, 5) is 8.22. The van der Waals surface area contributed by atoms with E-state index in [1.54, 1.807) is 29.2 Å². The SMILES string of the molecule is Fc1ccc2c(c1)cc1n2CCN(C2=Nc3c(F)cccc3CN2c2cccc(C(F)(F)F)c2)C1. The molecule has 0 spiro atoms. The molecule has 4 nitrogen and oxygen atoms in total. The van der Waals surface area contributed by atoms with E-state index >= 15 is 0 Å². The molecule has 0 fully saturated rings. The number of nitrogens with zero attached hydrogens (tertiary/aromatic N) is 4. The first-order valence-electron chi connectivity index (χ1n) is 11.1. The summed E-state index contributed by atoms with van der Waals surface area (Å²) in [7, 11) is 0. The number of aromatic nitrogens is 1. The molecule has 6 rings (SSSR count). The Bertz CT molecular complexity index is 1490. The molecule has 3 aromatic carbocycles. The van der Waals surface area contributed by atoms with E-state index in [0.29, 0.717) is 36.8 Å². The highest BCUT2D eigenvalue weighted by Gasteiger charge is 2.33. The number of hydrogen-bond acceptors (Lipinski definition) is 3. The summed E-state index contributed by atoms with van der Waals surface area (Å²) in [6.45, 7) is 1.66. The van der Waals surface area contributed by atoms with Gasteiger partial charge in [0, 0.05) is 40.9 Å². The van der Waals surface area contributed by atoms with Crippen LogP contribution in [0.1, 0.15) is 16.8 Å². The molecular formula is C26H19F5N4. The normalized spacial score (nSPS) is 15.7. The zero-order valence-corrected chi connectivity index (χ0v) is 18.4. The minimum Gasteiger partial charge on any atom is -0.341 e. The van der Waals surface area contributed by atoms with Gasteiger partial charge in [0.1, 0.15) is 17.3 Å². The van der Waals surface area contributed by atoms with Gasteiger partial charge in [-0.15, -0.1) is 0 Å². The Morgan fingerprint density at radius 2 is 1.66 bits per heavy atom. The largest absolute Gasteiger partial charge is 0.416 e. The summed E-state index contributed by atoms with van der Waals surface area (Å²) in [5.41, 5.74) is 2.18. The molecule has 178 valence electrons. The summed E-state index contributed by atoms with van der Waals surface area (Å²) in [5, 5.41) is 0.776. The van der Waals surface area contributed by atoms with E-state index in [1.807, 2.05) is 11.0 Å². The molecule has 0 saturated carbocycles. The van der Waals surface area contributed by atoms with Gasteiger partial charge in [0.25, 0.3) is 0 Å². The Morgan fingerprint density at radius 3 is 2.49 bits per heavy atom. The number of halogens is 5. The van der Waals surface area contributed by atoms with Gasteiger partial charge in [-0.25, -0.2) is 13.8 Å². The average molecular weight is 482 g/mol. The molecule has 4 aromatic rings. The fourth-order valence-corrected chi connectivity index (χ4v) is 4.87. The van der Waals surface area contributed by atoms with Crippen LogP contribution in [-0.2, 0) is 25.8 Å². The van der Waals surface area contributed by atoms with Crippen molar-refractivity contribution in [1.29, 1.82) is 0 Å². The van der Waals surface area contributed by atoms with E-state index < -0.39 is 17.6 Å². The van der Waals surface area contributed by atoms with Gasteiger partial charge in [-0.3, -0.25) is 0 Å². The highest BCUT2D eigenvalue weighted by atomic mass is 19.4. The molecule has 0 radical (unpaired) electrons. The minimum absolute atomic E-state index is 0.179. The molecule has 0 atom stereocenters. The lowest BCUT2D eigenvalue weighted by Crippen LogP contribution is -2.48. The van der Waals surface area contributed by atoms with Gasteiger partial charge < -0.3 is 14.4 Å². The van der Waals surface area contributed by atoms with Gasteiger partial charge in [0.2, 0.25) is 5.96 Å². The molecule has 0 unspecified atom stereocenters. The second-order valence-electron chi connectivity index (χ2n) is 8.71. The van der Waals surface area contributed by atoms with Crippen molar-refractivity contribution in [3.8, 4) is 0 Å². The molecule has 0 bridgehead atoms. The van der Waals surface area contributed by atoms with Gasteiger partial charge in [-0.05, 0) is 48.5 Å². The second kappa shape index (κ2) is 7.83. The van der Waals surface area contributed by atoms with Crippen molar-refractivity contribution in [2.45, 2.75) is 25.8 Å². The lowest BCUT2D eigenvalue weighted by atomic mass is 10.1. The molecule has 0 N–H and O–H groups in total. The van der Waals surface area contributed by atoms with E-state index in [2.05, 4.69) is 9.56 Å². The zero-order valence-electron chi connectivity index (χ0n) is 18.4. The molecule has 1 aromatic heterocycles. The highest BCUT2D eigenvalue weighted by Crippen LogP contribution is 2.37. The molecule has 0 amide bonds. The van der Waals surface area contributed by atoms with Crippen molar-refractivity contribution in [3.63, 3.8) is 0 Å². The van der Waals surface area contributed by atoms with Crippen LogP contribution < -0.4 is 4.90 Å². The van der Waals surface area contributed by atoms with Gasteiger partial charge >= 0.3 is 6.18 Å². The Labute approximate surface area is 197 Å². The predicted molar refractivity (Wildman–Crippen MR) is 123 cm³/mol. The lowest BCUT2D eigenvalue weighted by Gasteiger charge is -2.39.